The van der Waals surface area contributed by atoms with E-state index in [4.69, 9.17) is 22.5 Å². The molecule has 2 aromatic rings. The third-order valence-corrected chi connectivity index (χ3v) is 3.68. The van der Waals surface area contributed by atoms with Crippen LogP contribution in [0, 0.1) is 5.92 Å². The second-order valence-electron chi connectivity index (χ2n) is 4.03. The van der Waals surface area contributed by atoms with Crippen molar-refractivity contribution in [3.63, 3.8) is 0 Å². The van der Waals surface area contributed by atoms with E-state index in [1.54, 1.807) is 19.1 Å². The van der Waals surface area contributed by atoms with E-state index in [1.807, 2.05) is 0 Å². The summed E-state index contributed by atoms with van der Waals surface area (Å²) in [5.41, 5.74) is 7.04. The minimum atomic E-state index is -0.738. The molecule has 0 saturated carbocycles. The average Bonchev–Trinajstić information content (AvgIpc) is 2.91. The van der Waals surface area contributed by atoms with Crippen molar-refractivity contribution in [1.29, 1.82) is 0 Å². The fourth-order valence-electron chi connectivity index (χ4n) is 1.75. The highest BCUT2D eigenvalue weighted by Crippen LogP contribution is 2.30. The predicted molar refractivity (Wildman–Crippen MR) is 78.2 cm³/mol. The minimum Gasteiger partial charge on any atom is -0.409 e. The van der Waals surface area contributed by atoms with Gasteiger partial charge >= 0.3 is 0 Å². The number of amides is 1. The molecular formula is C11H12ClN5O2S. The van der Waals surface area contributed by atoms with E-state index in [0.717, 1.165) is 11.7 Å². The molecule has 1 amide bonds. The largest absolute Gasteiger partial charge is 0.409 e. The maximum absolute atomic E-state index is 12.2. The van der Waals surface area contributed by atoms with Crippen LogP contribution in [0.1, 0.15) is 13.3 Å². The fraction of sp³-hybridized carbons (Fsp3) is 0.273. The lowest BCUT2D eigenvalue weighted by molar-refractivity contribution is -0.118. The van der Waals surface area contributed by atoms with Crippen LogP contribution in [0.25, 0.3) is 11.0 Å². The molecule has 106 valence electrons. The summed E-state index contributed by atoms with van der Waals surface area (Å²) in [5, 5.41) is 14.6. The molecule has 4 N–H and O–H groups in total. The van der Waals surface area contributed by atoms with Crippen molar-refractivity contribution in [2.45, 2.75) is 13.3 Å². The van der Waals surface area contributed by atoms with Gasteiger partial charge in [-0.05, 0) is 18.6 Å². The topological polar surface area (TPSA) is 113 Å². The number of nitrogens with zero attached hydrogens (tertiary/aromatic N) is 3. The fourth-order valence-corrected chi connectivity index (χ4v) is 2.50. The van der Waals surface area contributed by atoms with Crippen LogP contribution in [0.15, 0.2) is 17.3 Å². The van der Waals surface area contributed by atoms with Gasteiger partial charge in [-0.2, -0.15) is 8.75 Å². The number of halogens is 1. The number of hydrogen-bond acceptors (Lipinski definition) is 6. The summed E-state index contributed by atoms with van der Waals surface area (Å²) >= 11 is 7.11. The quantitative estimate of drug-likeness (QED) is 0.346. The summed E-state index contributed by atoms with van der Waals surface area (Å²) in [5.74, 6) is -1.30. The second-order valence-corrected chi connectivity index (χ2v) is 4.96. The van der Waals surface area contributed by atoms with E-state index in [2.05, 4.69) is 19.2 Å². The number of aromatic nitrogens is 2. The van der Waals surface area contributed by atoms with Gasteiger partial charge in [-0.25, -0.2) is 0 Å². The first-order chi connectivity index (χ1) is 9.58. The lowest BCUT2D eigenvalue weighted by atomic mass is 10.0. The van der Waals surface area contributed by atoms with E-state index in [1.165, 1.54) is 0 Å². The molecule has 0 bridgehead atoms. The summed E-state index contributed by atoms with van der Waals surface area (Å²) in [4.78, 5) is 12.2. The highest BCUT2D eigenvalue weighted by molar-refractivity contribution is 7.00. The number of carbonyl (C=O) groups is 1. The van der Waals surface area contributed by atoms with Gasteiger partial charge in [0.25, 0.3) is 0 Å². The lowest BCUT2D eigenvalue weighted by Gasteiger charge is -2.14. The van der Waals surface area contributed by atoms with E-state index >= 15 is 0 Å². The highest BCUT2D eigenvalue weighted by atomic mass is 35.5. The van der Waals surface area contributed by atoms with Gasteiger partial charge in [-0.3, -0.25) is 4.79 Å². The van der Waals surface area contributed by atoms with Crippen LogP contribution in [-0.4, -0.2) is 25.7 Å². The van der Waals surface area contributed by atoms with Crippen LogP contribution >= 0.6 is 23.3 Å². The van der Waals surface area contributed by atoms with Gasteiger partial charge in [-0.1, -0.05) is 23.7 Å². The van der Waals surface area contributed by atoms with Crippen LogP contribution in [0.4, 0.5) is 5.69 Å². The number of anilines is 1. The molecule has 1 heterocycles. The summed E-state index contributed by atoms with van der Waals surface area (Å²) < 4.78 is 8.18. The standard InChI is InChI=1S/C11H12ClN5O2S/c1-2-5(10(13)15-19)11(18)14-8-6(12)3-4-7-9(8)17-20-16-7/h3-5,19H,2H2,1H3,(H2,13,15)(H,14,18). The zero-order valence-corrected chi connectivity index (χ0v) is 12.1. The Kier molecular flexibility index (Phi) is 4.35. The number of nitrogens with two attached hydrogens (primary N) is 1. The van der Waals surface area contributed by atoms with Crippen molar-refractivity contribution < 1.29 is 10.0 Å². The van der Waals surface area contributed by atoms with E-state index in [9.17, 15) is 4.79 Å². The SMILES string of the molecule is CCC(C(=O)Nc1c(Cl)ccc2nsnc12)C(N)=NO. The van der Waals surface area contributed by atoms with Gasteiger partial charge in [0, 0.05) is 0 Å². The van der Waals surface area contributed by atoms with Crippen LogP contribution in [0.3, 0.4) is 0 Å². The molecule has 0 saturated heterocycles. The number of amidine groups is 1. The monoisotopic (exact) mass is 313 g/mol. The first-order valence-electron chi connectivity index (χ1n) is 5.77. The van der Waals surface area contributed by atoms with Gasteiger partial charge < -0.3 is 16.3 Å². The van der Waals surface area contributed by atoms with Gasteiger partial charge in [0.2, 0.25) is 5.91 Å². The Bertz CT molecular complexity index is 672. The minimum absolute atomic E-state index is 0.148. The summed E-state index contributed by atoms with van der Waals surface area (Å²) in [6.07, 6.45) is 0.393. The first-order valence-corrected chi connectivity index (χ1v) is 6.88. The molecule has 20 heavy (non-hydrogen) atoms. The van der Waals surface area contributed by atoms with Gasteiger partial charge in [-0.15, -0.1) is 0 Å². The van der Waals surface area contributed by atoms with Crippen molar-refractivity contribution in [2.24, 2.45) is 16.8 Å². The molecule has 1 aromatic carbocycles. The molecule has 7 nitrogen and oxygen atoms in total. The molecule has 0 aliphatic carbocycles. The third-order valence-electron chi connectivity index (χ3n) is 2.82. The lowest BCUT2D eigenvalue weighted by Crippen LogP contribution is -2.34. The van der Waals surface area contributed by atoms with Crippen molar-refractivity contribution in [3.05, 3.63) is 17.2 Å². The first kappa shape index (κ1) is 14.5. The zero-order chi connectivity index (χ0) is 14.7. The Labute approximate surface area is 123 Å². The Hall–Kier alpha value is -1.93. The molecule has 9 heteroatoms. The molecule has 2 rings (SSSR count). The van der Waals surface area contributed by atoms with Crippen molar-refractivity contribution in [1.82, 2.24) is 8.75 Å². The van der Waals surface area contributed by atoms with Crippen molar-refractivity contribution in [2.75, 3.05) is 5.32 Å². The molecule has 0 spiro atoms. The van der Waals surface area contributed by atoms with Crippen LogP contribution in [0.5, 0.6) is 0 Å². The summed E-state index contributed by atoms with van der Waals surface area (Å²) in [6.45, 7) is 1.76. The number of carbonyl (C=O) groups excluding carboxylic acids is 1. The van der Waals surface area contributed by atoms with Gasteiger partial charge in [0.1, 0.15) is 11.0 Å². The van der Waals surface area contributed by atoms with Gasteiger partial charge in [0.15, 0.2) is 5.84 Å². The number of nitrogens with one attached hydrogen (secondary N) is 1. The van der Waals surface area contributed by atoms with Gasteiger partial charge in [0.05, 0.1) is 28.4 Å². The maximum atomic E-state index is 12.2. The number of fused-ring (bicyclic) bond motifs is 1. The molecule has 1 unspecified atom stereocenters. The molecule has 0 aliphatic rings. The Morgan fingerprint density at radius 3 is 3.00 bits per heavy atom. The molecule has 0 aliphatic heterocycles. The third kappa shape index (κ3) is 2.66. The normalized spacial score (nSPS) is 13.4. The summed E-state index contributed by atoms with van der Waals surface area (Å²) in [7, 11) is 0. The second kappa shape index (κ2) is 6.02. The Morgan fingerprint density at radius 2 is 2.35 bits per heavy atom. The maximum Gasteiger partial charge on any atom is 0.235 e. The molecular weight excluding hydrogens is 302 g/mol. The van der Waals surface area contributed by atoms with Crippen LogP contribution in [-0.2, 0) is 4.79 Å². The van der Waals surface area contributed by atoms with Crippen molar-refractivity contribution >= 4 is 51.8 Å². The molecule has 0 radical (unpaired) electrons. The molecule has 0 fully saturated rings. The molecule has 1 aromatic heterocycles. The number of oxime groups is 1. The smallest absolute Gasteiger partial charge is 0.235 e. The van der Waals surface area contributed by atoms with Crippen LogP contribution < -0.4 is 11.1 Å². The van der Waals surface area contributed by atoms with Crippen LogP contribution in [0.2, 0.25) is 5.02 Å². The van der Waals surface area contributed by atoms with Crippen molar-refractivity contribution in [3.8, 4) is 0 Å². The number of hydrogen-bond donors (Lipinski definition) is 3. The number of rotatable bonds is 4. The Morgan fingerprint density at radius 1 is 1.60 bits per heavy atom. The zero-order valence-electron chi connectivity index (χ0n) is 10.5. The van der Waals surface area contributed by atoms with E-state index in [0.29, 0.717) is 28.2 Å². The van der Waals surface area contributed by atoms with E-state index < -0.39 is 11.8 Å². The average molecular weight is 314 g/mol. The Balaban J connectivity index is 2.34. The molecule has 1 atom stereocenters. The highest BCUT2D eigenvalue weighted by Gasteiger charge is 2.23. The van der Waals surface area contributed by atoms with E-state index in [-0.39, 0.29) is 5.84 Å². The number of benzene rings is 1. The predicted octanol–water partition coefficient (Wildman–Crippen LogP) is 2.06. The summed E-state index contributed by atoms with van der Waals surface area (Å²) in [6, 6.07) is 3.35.